The molecule has 0 bridgehead atoms. The van der Waals surface area contributed by atoms with Crippen LogP contribution in [0.4, 0.5) is 5.69 Å². The van der Waals surface area contributed by atoms with Crippen LogP contribution in [0.1, 0.15) is 72.3 Å². The predicted octanol–water partition coefficient (Wildman–Crippen LogP) is 5.70. The average Bonchev–Trinajstić information content (AvgIpc) is 3.32. The Balaban J connectivity index is 1.35. The lowest BCUT2D eigenvalue weighted by molar-refractivity contribution is -0.142. The first-order chi connectivity index (χ1) is 32.1. The maximum atomic E-state index is 14.4. The van der Waals surface area contributed by atoms with Crippen LogP contribution in [0, 0.1) is 11.8 Å². The van der Waals surface area contributed by atoms with E-state index in [0.717, 1.165) is 11.1 Å². The van der Waals surface area contributed by atoms with E-state index in [2.05, 4.69) is 26.6 Å². The van der Waals surface area contributed by atoms with Crippen molar-refractivity contribution in [2.45, 2.75) is 83.6 Å². The van der Waals surface area contributed by atoms with E-state index in [4.69, 9.17) is 5.73 Å². The molecule has 0 radical (unpaired) electrons. The summed E-state index contributed by atoms with van der Waals surface area (Å²) in [4.78, 5) is 82.6. The Morgan fingerprint density at radius 3 is 1.46 bits per heavy atom. The van der Waals surface area contributed by atoms with Gasteiger partial charge in [-0.25, -0.2) is 4.79 Å². The number of carbonyl (C=O) groups is 6. The van der Waals surface area contributed by atoms with Crippen LogP contribution in [0.15, 0.2) is 133 Å². The number of anilines is 1. The van der Waals surface area contributed by atoms with Gasteiger partial charge in [0.25, 0.3) is 5.91 Å². The smallest absolute Gasteiger partial charge is 0.326 e. The van der Waals surface area contributed by atoms with E-state index in [0.29, 0.717) is 28.8 Å². The number of rotatable bonds is 22. The largest absolute Gasteiger partial charge is 0.508 e. The SMILES string of the molecule is CC[C@H](C)[C@H](NC(=O)[C@H](Cc1ccccc1)NC(=O)[C@H](Cc1ccc(O)cc1)NC(=O)c1ccc(/C=C/c2ccc(N)cc2)cc1)C(=O)N[C@H](C(=O)N[C@@H](Cc1ccccc1)C(=O)O)C(C)C. The van der Waals surface area contributed by atoms with Crippen molar-refractivity contribution in [1.29, 1.82) is 0 Å². The maximum Gasteiger partial charge on any atom is 0.326 e. The van der Waals surface area contributed by atoms with Gasteiger partial charge in [0, 0.05) is 30.5 Å². The minimum atomic E-state index is -1.27. The van der Waals surface area contributed by atoms with Gasteiger partial charge in [0.15, 0.2) is 0 Å². The summed E-state index contributed by atoms with van der Waals surface area (Å²) < 4.78 is 0. The number of phenolic OH excluding ortho intramolecular Hbond substituents is 1. The molecule has 350 valence electrons. The van der Waals surface area contributed by atoms with Gasteiger partial charge < -0.3 is 42.5 Å². The van der Waals surface area contributed by atoms with Gasteiger partial charge in [-0.05, 0) is 76.1 Å². The van der Waals surface area contributed by atoms with Gasteiger partial charge in [-0.1, -0.05) is 143 Å². The highest BCUT2D eigenvalue weighted by molar-refractivity contribution is 5.99. The third-order valence-electron chi connectivity index (χ3n) is 11.4. The normalized spacial score (nSPS) is 13.9. The minimum Gasteiger partial charge on any atom is -0.508 e. The van der Waals surface area contributed by atoms with Crippen molar-refractivity contribution in [3.8, 4) is 5.75 Å². The number of aliphatic carboxylic acids is 1. The molecular weight excluding hydrogens is 849 g/mol. The zero-order valence-corrected chi connectivity index (χ0v) is 38.1. The Kier molecular flexibility index (Phi) is 18.4. The van der Waals surface area contributed by atoms with Crippen LogP contribution in [-0.4, -0.2) is 75.9 Å². The Morgan fingerprint density at radius 2 is 0.955 bits per heavy atom. The van der Waals surface area contributed by atoms with Gasteiger partial charge in [-0.3, -0.25) is 24.0 Å². The van der Waals surface area contributed by atoms with Crippen molar-refractivity contribution < 1.29 is 39.0 Å². The molecule has 0 fully saturated rings. The van der Waals surface area contributed by atoms with Crippen LogP contribution in [0.5, 0.6) is 5.75 Å². The maximum absolute atomic E-state index is 14.4. The number of hydrogen-bond donors (Lipinski definition) is 8. The molecular formula is C53H60N6O8. The molecule has 0 aliphatic heterocycles. The van der Waals surface area contributed by atoms with E-state index in [1.165, 1.54) is 12.1 Å². The summed E-state index contributed by atoms with van der Waals surface area (Å²) in [6.45, 7) is 7.04. The lowest BCUT2D eigenvalue weighted by Crippen LogP contribution is -2.61. The van der Waals surface area contributed by atoms with E-state index in [1.807, 2.05) is 37.3 Å². The zero-order valence-electron chi connectivity index (χ0n) is 38.1. The average molecular weight is 909 g/mol. The molecule has 0 aliphatic rings. The number of carbonyl (C=O) groups excluding carboxylic acids is 5. The number of hydrogen-bond acceptors (Lipinski definition) is 8. The van der Waals surface area contributed by atoms with Gasteiger partial charge in [-0.15, -0.1) is 0 Å². The number of nitrogens with two attached hydrogens (primary N) is 1. The highest BCUT2D eigenvalue weighted by Gasteiger charge is 2.35. The molecule has 5 aromatic carbocycles. The molecule has 5 aromatic rings. The van der Waals surface area contributed by atoms with Crippen LogP contribution in [0.25, 0.3) is 12.2 Å². The van der Waals surface area contributed by atoms with E-state index in [1.54, 1.807) is 124 Å². The number of aromatic hydroxyl groups is 1. The monoisotopic (exact) mass is 908 g/mol. The van der Waals surface area contributed by atoms with Crippen molar-refractivity contribution in [3.63, 3.8) is 0 Å². The molecule has 14 heteroatoms. The highest BCUT2D eigenvalue weighted by atomic mass is 16.4. The van der Waals surface area contributed by atoms with E-state index in [-0.39, 0.29) is 30.6 Å². The molecule has 0 heterocycles. The number of phenols is 1. The second-order valence-corrected chi connectivity index (χ2v) is 17.0. The fourth-order valence-corrected chi connectivity index (χ4v) is 7.24. The molecule has 9 N–H and O–H groups in total. The molecule has 5 rings (SSSR count). The molecule has 0 spiro atoms. The number of nitrogen functional groups attached to an aromatic ring is 1. The lowest BCUT2D eigenvalue weighted by Gasteiger charge is -2.30. The van der Waals surface area contributed by atoms with Gasteiger partial charge in [0.2, 0.25) is 23.6 Å². The third-order valence-corrected chi connectivity index (χ3v) is 11.4. The Hall–Kier alpha value is -7.74. The number of benzene rings is 5. The molecule has 0 aliphatic carbocycles. The van der Waals surface area contributed by atoms with Gasteiger partial charge in [0.1, 0.15) is 36.0 Å². The summed E-state index contributed by atoms with van der Waals surface area (Å²) in [6.07, 6.45) is 4.31. The standard InChI is InChI=1S/C53H60N6O8/c1-5-34(4)47(52(65)58-46(33(2)3)51(64)57-45(53(66)67)32-38-14-10-7-11-15-38)59-50(63)44(30-37-12-8-6-9-13-37)56-49(62)43(31-39-22-28-42(60)29-23-39)55-48(61)40-24-18-35(19-25-40)16-17-36-20-26-41(54)27-21-36/h6-29,33-34,43-47,60H,5,30-32,54H2,1-4H3,(H,55,61)(H,56,62)(H,57,64)(H,58,65)(H,59,63)(H,66,67)/b17-16+/t34-,43-,44-,45-,46-,47-/m0/s1. The fourth-order valence-electron chi connectivity index (χ4n) is 7.24. The molecule has 14 nitrogen and oxygen atoms in total. The highest BCUT2D eigenvalue weighted by Crippen LogP contribution is 2.17. The number of amides is 5. The van der Waals surface area contributed by atoms with Gasteiger partial charge >= 0.3 is 5.97 Å². The second kappa shape index (κ2) is 24.5. The van der Waals surface area contributed by atoms with E-state index < -0.39 is 77.6 Å². The Bertz CT molecular complexity index is 2460. The Morgan fingerprint density at radius 1 is 0.522 bits per heavy atom. The Labute approximate surface area is 391 Å². The number of carboxylic acid groups (broad SMARTS) is 1. The lowest BCUT2D eigenvalue weighted by atomic mass is 9.95. The number of carboxylic acids is 1. The molecule has 0 unspecified atom stereocenters. The van der Waals surface area contributed by atoms with Crippen molar-refractivity contribution in [2.75, 3.05) is 5.73 Å². The first-order valence-corrected chi connectivity index (χ1v) is 22.3. The number of nitrogens with one attached hydrogen (secondary N) is 5. The molecule has 67 heavy (non-hydrogen) atoms. The van der Waals surface area contributed by atoms with Crippen LogP contribution in [0.2, 0.25) is 0 Å². The van der Waals surface area contributed by atoms with Crippen LogP contribution >= 0.6 is 0 Å². The quantitative estimate of drug-likeness (QED) is 0.0314. The van der Waals surface area contributed by atoms with Gasteiger partial charge in [0.05, 0.1) is 0 Å². The zero-order chi connectivity index (χ0) is 48.5. The fraction of sp³-hybridized carbons (Fsp3) is 0.283. The summed E-state index contributed by atoms with van der Waals surface area (Å²) >= 11 is 0. The van der Waals surface area contributed by atoms with Gasteiger partial charge in [-0.2, -0.15) is 0 Å². The van der Waals surface area contributed by atoms with E-state index >= 15 is 0 Å². The first-order valence-electron chi connectivity index (χ1n) is 22.3. The molecule has 0 saturated carbocycles. The van der Waals surface area contributed by atoms with E-state index in [9.17, 15) is 39.0 Å². The van der Waals surface area contributed by atoms with Crippen molar-refractivity contribution in [2.24, 2.45) is 11.8 Å². The molecule has 6 atom stereocenters. The van der Waals surface area contributed by atoms with Crippen molar-refractivity contribution in [3.05, 3.63) is 167 Å². The minimum absolute atomic E-state index is 0.00454. The summed E-state index contributed by atoms with van der Waals surface area (Å²) in [7, 11) is 0. The third kappa shape index (κ3) is 15.4. The summed E-state index contributed by atoms with van der Waals surface area (Å²) in [6, 6.07) is 32.2. The van der Waals surface area contributed by atoms with Crippen LogP contribution < -0.4 is 32.3 Å². The van der Waals surface area contributed by atoms with Crippen LogP contribution in [-0.2, 0) is 43.2 Å². The van der Waals surface area contributed by atoms with Crippen LogP contribution in [0.3, 0.4) is 0 Å². The summed E-state index contributed by atoms with van der Waals surface area (Å²) in [5.74, 6) is -5.39. The summed E-state index contributed by atoms with van der Waals surface area (Å²) in [5.41, 5.74) is 10.6. The molecule has 0 aromatic heterocycles. The predicted molar refractivity (Wildman–Crippen MR) is 259 cm³/mol. The topological polar surface area (TPSA) is 229 Å². The molecule has 0 saturated heterocycles. The van der Waals surface area contributed by atoms with Crippen molar-refractivity contribution in [1.82, 2.24) is 26.6 Å². The second-order valence-electron chi connectivity index (χ2n) is 17.0. The first kappa shape index (κ1) is 50.3. The summed E-state index contributed by atoms with van der Waals surface area (Å²) in [5, 5.41) is 33.8. The molecule has 5 amide bonds. The van der Waals surface area contributed by atoms with Crippen molar-refractivity contribution >= 4 is 53.3 Å².